The summed E-state index contributed by atoms with van der Waals surface area (Å²) in [5, 5.41) is 7.69. The second kappa shape index (κ2) is 8.64. The first-order valence-electron chi connectivity index (χ1n) is 8.03. The lowest BCUT2D eigenvalue weighted by Crippen LogP contribution is -2.33. The number of halogens is 1. The van der Waals surface area contributed by atoms with Crippen molar-refractivity contribution in [2.24, 2.45) is 11.1 Å². The average molecular weight is 389 g/mol. The van der Waals surface area contributed by atoms with Crippen molar-refractivity contribution < 1.29 is 22.7 Å². The van der Waals surface area contributed by atoms with Gasteiger partial charge in [-0.15, -0.1) is 0 Å². The number of hydrogen-bond donors (Lipinski definition) is 2. The summed E-state index contributed by atoms with van der Waals surface area (Å²) in [6.45, 7) is 0.145. The fourth-order valence-corrected chi connectivity index (χ4v) is 3.83. The molecule has 25 heavy (non-hydrogen) atoms. The van der Waals surface area contributed by atoms with E-state index in [-0.39, 0.29) is 21.4 Å². The molecule has 3 N–H and O–H groups in total. The van der Waals surface area contributed by atoms with E-state index >= 15 is 0 Å². The van der Waals surface area contributed by atoms with Crippen LogP contribution in [0.1, 0.15) is 42.5 Å². The van der Waals surface area contributed by atoms with E-state index in [1.165, 1.54) is 31.4 Å². The SMILES string of the molecule is NS(=O)(=O)c1cc(C(=O)OCC(=O)NCC2CCCCC2)ccc1Cl. The van der Waals surface area contributed by atoms with Crippen molar-refractivity contribution in [3.05, 3.63) is 28.8 Å². The number of benzene rings is 1. The number of nitrogens with two attached hydrogens (primary N) is 1. The topological polar surface area (TPSA) is 116 Å². The Balaban J connectivity index is 1.86. The molecular formula is C16H21ClN2O5S. The van der Waals surface area contributed by atoms with Gasteiger partial charge in [0.25, 0.3) is 5.91 Å². The second-order valence-corrected chi connectivity index (χ2v) is 8.01. The van der Waals surface area contributed by atoms with Crippen molar-refractivity contribution in [2.75, 3.05) is 13.2 Å². The highest BCUT2D eigenvalue weighted by Crippen LogP contribution is 2.23. The van der Waals surface area contributed by atoms with E-state index in [1.807, 2.05) is 0 Å². The van der Waals surface area contributed by atoms with Gasteiger partial charge in [0.05, 0.1) is 10.6 Å². The van der Waals surface area contributed by atoms with Crippen LogP contribution in [-0.2, 0) is 19.6 Å². The molecule has 0 saturated heterocycles. The predicted octanol–water partition coefficient (Wildman–Crippen LogP) is 1.84. The van der Waals surface area contributed by atoms with Crippen LogP contribution in [0.25, 0.3) is 0 Å². The molecule has 1 aromatic carbocycles. The molecule has 1 aliphatic rings. The van der Waals surface area contributed by atoms with Gasteiger partial charge >= 0.3 is 5.97 Å². The number of hydrogen-bond acceptors (Lipinski definition) is 5. The first-order valence-corrected chi connectivity index (χ1v) is 9.96. The van der Waals surface area contributed by atoms with Gasteiger partial charge in [0.1, 0.15) is 4.90 Å². The summed E-state index contributed by atoms with van der Waals surface area (Å²) in [7, 11) is -4.06. The normalized spacial score (nSPS) is 15.6. The van der Waals surface area contributed by atoms with E-state index in [2.05, 4.69) is 5.32 Å². The summed E-state index contributed by atoms with van der Waals surface area (Å²) in [4.78, 5) is 23.4. The number of nitrogens with one attached hydrogen (secondary N) is 1. The van der Waals surface area contributed by atoms with E-state index in [9.17, 15) is 18.0 Å². The first kappa shape index (κ1) is 19.7. The molecule has 1 amide bonds. The van der Waals surface area contributed by atoms with Crippen LogP contribution in [0.3, 0.4) is 0 Å². The van der Waals surface area contributed by atoms with Gasteiger partial charge in [-0.2, -0.15) is 0 Å². The van der Waals surface area contributed by atoms with Gasteiger partial charge in [-0.3, -0.25) is 4.79 Å². The number of carbonyl (C=O) groups is 2. The van der Waals surface area contributed by atoms with Crippen molar-refractivity contribution in [1.82, 2.24) is 5.32 Å². The van der Waals surface area contributed by atoms with Crippen LogP contribution in [0.5, 0.6) is 0 Å². The average Bonchev–Trinajstić information content (AvgIpc) is 2.58. The minimum absolute atomic E-state index is 0.0477. The third kappa shape index (κ3) is 5.98. The summed E-state index contributed by atoms with van der Waals surface area (Å²) in [6.07, 6.45) is 5.79. The van der Waals surface area contributed by atoms with Gasteiger partial charge in [0.15, 0.2) is 6.61 Å². The van der Waals surface area contributed by atoms with Gasteiger partial charge in [-0.25, -0.2) is 18.4 Å². The van der Waals surface area contributed by atoms with E-state index in [1.54, 1.807) is 0 Å². The lowest BCUT2D eigenvalue weighted by molar-refractivity contribution is -0.124. The Labute approximate surface area is 151 Å². The quantitative estimate of drug-likeness (QED) is 0.721. The third-order valence-corrected chi connectivity index (χ3v) is 5.51. The maximum Gasteiger partial charge on any atom is 0.338 e. The van der Waals surface area contributed by atoms with Crippen LogP contribution in [0.2, 0.25) is 5.02 Å². The molecule has 0 aliphatic heterocycles. The molecule has 1 aliphatic carbocycles. The zero-order valence-electron chi connectivity index (χ0n) is 13.7. The van der Waals surface area contributed by atoms with Crippen molar-refractivity contribution in [3.63, 3.8) is 0 Å². The lowest BCUT2D eigenvalue weighted by atomic mass is 9.89. The van der Waals surface area contributed by atoms with Gasteiger partial charge in [-0.1, -0.05) is 30.9 Å². The summed E-state index contributed by atoms with van der Waals surface area (Å²) >= 11 is 5.75. The largest absolute Gasteiger partial charge is 0.452 e. The molecule has 1 saturated carbocycles. The first-order chi connectivity index (χ1) is 11.8. The molecule has 0 radical (unpaired) electrons. The Hall–Kier alpha value is -1.64. The van der Waals surface area contributed by atoms with Gasteiger partial charge < -0.3 is 10.1 Å². The molecule has 1 aromatic rings. The third-order valence-electron chi connectivity index (χ3n) is 4.12. The highest BCUT2D eigenvalue weighted by atomic mass is 35.5. The Kier molecular flexibility index (Phi) is 6.80. The predicted molar refractivity (Wildman–Crippen MR) is 92.7 cm³/mol. The van der Waals surface area contributed by atoms with Gasteiger partial charge in [-0.05, 0) is 37.0 Å². The van der Waals surface area contributed by atoms with Crippen LogP contribution in [-0.4, -0.2) is 33.4 Å². The van der Waals surface area contributed by atoms with E-state index in [4.69, 9.17) is 21.5 Å². The van der Waals surface area contributed by atoms with Gasteiger partial charge in [0, 0.05) is 6.54 Å². The molecule has 0 spiro atoms. The molecule has 138 valence electrons. The summed E-state index contributed by atoms with van der Waals surface area (Å²) in [5.41, 5.74) is -0.0477. The molecule has 0 heterocycles. The highest BCUT2D eigenvalue weighted by Gasteiger charge is 2.18. The summed E-state index contributed by atoms with van der Waals surface area (Å²) < 4.78 is 27.7. The number of sulfonamides is 1. The number of ether oxygens (including phenoxy) is 1. The van der Waals surface area contributed by atoms with E-state index < -0.39 is 22.6 Å². The van der Waals surface area contributed by atoms with E-state index in [0.717, 1.165) is 18.9 Å². The molecule has 1 fully saturated rings. The summed E-state index contributed by atoms with van der Waals surface area (Å²) in [6, 6.07) is 3.57. The molecule has 0 atom stereocenters. The standard InChI is InChI=1S/C16H21ClN2O5S/c17-13-7-6-12(8-14(13)25(18,22)23)16(21)24-10-15(20)19-9-11-4-2-1-3-5-11/h6-8,11H,1-5,9-10H2,(H,19,20)(H2,18,22,23). The molecule has 7 nitrogen and oxygen atoms in total. The minimum Gasteiger partial charge on any atom is -0.452 e. The van der Waals surface area contributed by atoms with Crippen LogP contribution in [0.15, 0.2) is 23.1 Å². The molecule has 0 aromatic heterocycles. The Morgan fingerprint density at radius 3 is 2.56 bits per heavy atom. The monoisotopic (exact) mass is 388 g/mol. The minimum atomic E-state index is -4.06. The smallest absolute Gasteiger partial charge is 0.338 e. The van der Waals surface area contributed by atoms with Crippen molar-refractivity contribution in [3.8, 4) is 0 Å². The molecule has 9 heteroatoms. The fraction of sp³-hybridized carbons (Fsp3) is 0.500. The highest BCUT2D eigenvalue weighted by molar-refractivity contribution is 7.89. The zero-order valence-corrected chi connectivity index (χ0v) is 15.2. The molecule has 0 bridgehead atoms. The number of rotatable bonds is 6. The van der Waals surface area contributed by atoms with Crippen molar-refractivity contribution >= 4 is 33.5 Å². The van der Waals surface area contributed by atoms with Crippen molar-refractivity contribution in [1.29, 1.82) is 0 Å². The zero-order chi connectivity index (χ0) is 18.4. The van der Waals surface area contributed by atoms with Crippen LogP contribution in [0.4, 0.5) is 0 Å². The lowest BCUT2D eigenvalue weighted by Gasteiger charge is -2.21. The van der Waals surface area contributed by atoms with Crippen LogP contribution < -0.4 is 10.5 Å². The van der Waals surface area contributed by atoms with Crippen LogP contribution in [0, 0.1) is 5.92 Å². The maximum absolute atomic E-state index is 12.0. The number of esters is 1. The molecule has 2 rings (SSSR count). The second-order valence-electron chi connectivity index (χ2n) is 6.07. The van der Waals surface area contributed by atoms with Crippen molar-refractivity contribution in [2.45, 2.75) is 37.0 Å². The number of primary sulfonamides is 1. The summed E-state index contributed by atoms with van der Waals surface area (Å²) in [5.74, 6) is -0.740. The number of carbonyl (C=O) groups excluding carboxylic acids is 2. The van der Waals surface area contributed by atoms with Gasteiger partial charge in [0.2, 0.25) is 10.0 Å². The van der Waals surface area contributed by atoms with Crippen LogP contribution >= 0.6 is 11.6 Å². The maximum atomic E-state index is 12.0. The Bertz CT molecular complexity index is 745. The fourth-order valence-electron chi connectivity index (χ4n) is 2.76. The molecular weight excluding hydrogens is 368 g/mol. The number of amides is 1. The molecule has 0 unspecified atom stereocenters. The van der Waals surface area contributed by atoms with E-state index in [0.29, 0.717) is 12.5 Å². The Morgan fingerprint density at radius 1 is 1.24 bits per heavy atom. The Morgan fingerprint density at radius 2 is 1.92 bits per heavy atom.